The minimum Gasteiger partial charge on any atom is -0.508 e. The number of nitrogen functional groups attached to an aromatic ring is 1. The zero-order chi connectivity index (χ0) is 12.3. The van der Waals surface area contributed by atoms with Gasteiger partial charge in [0.2, 0.25) is 0 Å². The Hall–Kier alpha value is -2.36. The molecule has 2 aromatic rings. The zero-order valence-corrected chi connectivity index (χ0v) is 9.46. The van der Waals surface area contributed by atoms with Crippen molar-refractivity contribution in [2.75, 3.05) is 5.73 Å². The molecule has 0 atom stereocenters. The number of anilines is 1. The molecular formula is C13H13N3O. The lowest BCUT2D eigenvalue weighted by molar-refractivity contribution is 0.471. The number of aryl methyl sites for hydroxylation is 1. The number of phenolic OH excluding ortho intramolecular Hbond substituents is 1. The number of benzene rings is 2. The predicted molar refractivity (Wildman–Crippen MR) is 67.9 cm³/mol. The summed E-state index contributed by atoms with van der Waals surface area (Å²) in [6, 6.07) is 12.2. The Kier molecular flexibility index (Phi) is 3.05. The smallest absolute Gasteiger partial charge is 0.118 e. The molecule has 3 N–H and O–H groups in total. The van der Waals surface area contributed by atoms with Crippen molar-refractivity contribution in [2.24, 2.45) is 10.2 Å². The van der Waals surface area contributed by atoms with Crippen LogP contribution in [0.2, 0.25) is 0 Å². The van der Waals surface area contributed by atoms with Crippen LogP contribution in [0.15, 0.2) is 52.7 Å². The van der Waals surface area contributed by atoms with Crippen LogP contribution in [-0.4, -0.2) is 5.11 Å². The molecule has 4 heteroatoms. The molecule has 0 aliphatic carbocycles. The molecule has 17 heavy (non-hydrogen) atoms. The molecule has 0 fully saturated rings. The van der Waals surface area contributed by atoms with Crippen molar-refractivity contribution in [1.29, 1.82) is 0 Å². The summed E-state index contributed by atoms with van der Waals surface area (Å²) in [7, 11) is 0. The van der Waals surface area contributed by atoms with Gasteiger partial charge in [0.1, 0.15) is 5.75 Å². The van der Waals surface area contributed by atoms with E-state index in [9.17, 15) is 5.11 Å². The summed E-state index contributed by atoms with van der Waals surface area (Å²) in [5.41, 5.74) is 8.49. The molecule has 0 heterocycles. The normalized spacial score (nSPS) is 10.9. The minimum absolute atomic E-state index is 0.261. The van der Waals surface area contributed by atoms with Gasteiger partial charge in [0.15, 0.2) is 0 Å². The Bertz CT molecular complexity index is 547. The maximum Gasteiger partial charge on any atom is 0.118 e. The maximum atomic E-state index is 9.37. The Morgan fingerprint density at radius 2 is 1.53 bits per heavy atom. The maximum absolute atomic E-state index is 9.37. The number of nitrogens with zero attached hydrogens (tertiary/aromatic N) is 2. The number of azo groups is 1. The topological polar surface area (TPSA) is 71.0 Å². The van der Waals surface area contributed by atoms with Crippen LogP contribution in [-0.2, 0) is 0 Å². The van der Waals surface area contributed by atoms with Gasteiger partial charge in [0.05, 0.1) is 11.4 Å². The Balaban J connectivity index is 2.20. The second-order valence-electron chi connectivity index (χ2n) is 3.76. The zero-order valence-electron chi connectivity index (χ0n) is 9.46. The van der Waals surface area contributed by atoms with E-state index in [4.69, 9.17) is 5.73 Å². The van der Waals surface area contributed by atoms with Gasteiger partial charge in [0, 0.05) is 5.69 Å². The van der Waals surface area contributed by atoms with Gasteiger partial charge in [-0.3, -0.25) is 0 Å². The van der Waals surface area contributed by atoms with Crippen LogP contribution in [0.3, 0.4) is 0 Å². The van der Waals surface area contributed by atoms with Crippen LogP contribution in [0.5, 0.6) is 5.75 Å². The summed E-state index contributed by atoms with van der Waals surface area (Å²) in [5.74, 6) is 0.261. The van der Waals surface area contributed by atoms with Crippen LogP contribution in [0.25, 0.3) is 0 Å². The van der Waals surface area contributed by atoms with E-state index in [2.05, 4.69) is 10.2 Å². The van der Waals surface area contributed by atoms with Crippen molar-refractivity contribution in [3.05, 3.63) is 48.0 Å². The molecule has 0 aliphatic heterocycles. The first-order chi connectivity index (χ1) is 8.15. The second kappa shape index (κ2) is 4.65. The first-order valence-corrected chi connectivity index (χ1v) is 5.22. The number of nitrogens with two attached hydrogens (primary N) is 1. The SMILES string of the molecule is Cc1cc(/N=N/c2ccc(N)cc2)ccc1O. The first-order valence-electron chi connectivity index (χ1n) is 5.22. The molecular weight excluding hydrogens is 214 g/mol. The van der Waals surface area contributed by atoms with E-state index in [1.54, 1.807) is 42.5 Å². The number of aromatic hydroxyl groups is 1. The van der Waals surface area contributed by atoms with Crippen molar-refractivity contribution in [3.8, 4) is 5.75 Å². The third-order valence-electron chi connectivity index (χ3n) is 2.35. The van der Waals surface area contributed by atoms with E-state index in [0.717, 1.165) is 11.3 Å². The molecule has 0 unspecified atom stereocenters. The standard InChI is InChI=1S/C13H13N3O/c1-9-8-12(6-7-13(9)17)16-15-11-4-2-10(14)3-5-11/h2-8,17H,14H2,1H3/b16-15+. The molecule has 0 spiro atoms. The van der Waals surface area contributed by atoms with Gasteiger partial charge in [-0.15, -0.1) is 0 Å². The predicted octanol–water partition coefficient (Wildman–Crippen LogP) is 3.70. The van der Waals surface area contributed by atoms with Crippen molar-refractivity contribution in [3.63, 3.8) is 0 Å². The molecule has 86 valence electrons. The number of hydrogen-bond acceptors (Lipinski definition) is 4. The molecule has 0 saturated heterocycles. The van der Waals surface area contributed by atoms with Gasteiger partial charge in [-0.1, -0.05) is 0 Å². The lowest BCUT2D eigenvalue weighted by atomic mass is 10.2. The number of rotatable bonds is 2. The third kappa shape index (κ3) is 2.81. The van der Waals surface area contributed by atoms with E-state index in [1.807, 2.05) is 6.92 Å². The number of phenols is 1. The third-order valence-corrected chi connectivity index (χ3v) is 2.35. The van der Waals surface area contributed by atoms with E-state index in [-0.39, 0.29) is 5.75 Å². The highest BCUT2D eigenvalue weighted by molar-refractivity contribution is 5.49. The summed E-state index contributed by atoms with van der Waals surface area (Å²) >= 11 is 0. The van der Waals surface area contributed by atoms with Gasteiger partial charge in [-0.05, 0) is 55.0 Å². The van der Waals surface area contributed by atoms with Crippen LogP contribution < -0.4 is 5.73 Å². The first kappa shape index (κ1) is 11.1. The molecule has 2 rings (SSSR count). The van der Waals surface area contributed by atoms with Crippen LogP contribution in [0, 0.1) is 6.92 Å². The molecule has 0 aliphatic rings. The fourth-order valence-electron chi connectivity index (χ4n) is 1.36. The van der Waals surface area contributed by atoms with Gasteiger partial charge in [-0.2, -0.15) is 10.2 Å². The highest BCUT2D eigenvalue weighted by Gasteiger charge is 1.96. The van der Waals surface area contributed by atoms with E-state index in [1.165, 1.54) is 0 Å². The average Bonchev–Trinajstić information content (AvgIpc) is 2.33. The molecule has 0 radical (unpaired) electrons. The summed E-state index contributed by atoms with van der Waals surface area (Å²) in [5, 5.41) is 17.5. The fourth-order valence-corrected chi connectivity index (χ4v) is 1.36. The quantitative estimate of drug-likeness (QED) is 0.606. The van der Waals surface area contributed by atoms with Crippen molar-refractivity contribution in [1.82, 2.24) is 0 Å². The van der Waals surface area contributed by atoms with E-state index >= 15 is 0 Å². The highest BCUT2D eigenvalue weighted by Crippen LogP contribution is 2.24. The van der Waals surface area contributed by atoms with Crippen molar-refractivity contribution < 1.29 is 5.11 Å². The Labute approximate surface area is 99.4 Å². The van der Waals surface area contributed by atoms with E-state index in [0.29, 0.717) is 11.4 Å². The van der Waals surface area contributed by atoms with Gasteiger partial charge >= 0.3 is 0 Å². The van der Waals surface area contributed by atoms with Gasteiger partial charge < -0.3 is 10.8 Å². The summed E-state index contributed by atoms with van der Waals surface area (Å²) in [4.78, 5) is 0. The lowest BCUT2D eigenvalue weighted by Crippen LogP contribution is -1.80. The van der Waals surface area contributed by atoms with Gasteiger partial charge in [-0.25, -0.2) is 0 Å². The van der Waals surface area contributed by atoms with Crippen molar-refractivity contribution in [2.45, 2.75) is 6.92 Å². The summed E-state index contributed by atoms with van der Waals surface area (Å²) in [6.45, 7) is 1.82. The minimum atomic E-state index is 0.261. The van der Waals surface area contributed by atoms with Gasteiger partial charge in [0.25, 0.3) is 0 Å². The monoisotopic (exact) mass is 227 g/mol. The molecule has 0 saturated carbocycles. The van der Waals surface area contributed by atoms with Crippen molar-refractivity contribution >= 4 is 17.1 Å². The van der Waals surface area contributed by atoms with E-state index < -0.39 is 0 Å². The molecule has 0 aromatic heterocycles. The van der Waals surface area contributed by atoms with Crippen LogP contribution in [0.1, 0.15) is 5.56 Å². The van der Waals surface area contributed by atoms with Crippen LogP contribution >= 0.6 is 0 Å². The second-order valence-corrected chi connectivity index (χ2v) is 3.76. The molecule has 4 nitrogen and oxygen atoms in total. The highest BCUT2D eigenvalue weighted by atomic mass is 16.3. The summed E-state index contributed by atoms with van der Waals surface area (Å²) in [6.07, 6.45) is 0. The molecule has 0 bridgehead atoms. The van der Waals surface area contributed by atoms with Crippen LogP contribution in [0.4, 0.5) is 17.1 Å². The Morgan fingerprint density at radius 3 is 2.18 bits per heavy atom. The fraction of sp³-hybridized carbons (Fsp3) is 0.0769. The lowest BCUT2D eigenvalue weighted by Gasteiger charge is -1.98. The summed E-state index contributed by atoms with van der Waals surface area (Å²) < 4.78 is 0. The molecule has 2 aromatic carbocycles. The number of hydrogen-bond donors (Lipinski definition) is 2. The molecule has 0 amide bonds. The largest absolute Gasteiger partial charge is 0.508 e. The Morgan fingerprint density at radius 1 is 0.941 bits per heavy atom. The average molecular weight is 227 g/mol.